The minimum Gasteiger partial charge on any atom is -0.497 e. The summed E-state index contributed by atoms with van der Waals surface area (Å²) >= 11 is 0. The minimum atomic E-state index is -0.168. The monoisotopic (exact) mass is 322 g/mol. The molecular weight excluding hydrogens is 304 g/mol. The number of nitrogens with one attached hydrogen (secondary N) is 1. The summed E-state index contributed by atoms with van der Waals surface area (Å²) in [6.45, 7) is 0.344. The molecule has 0 aliphatic heterocycles. The molecule has 0 saturated carbocycles. The minimum absolute atomic E-state index is 0.168. The van der Waals surface area contributed by atoms with Gasteiger partial charge in [-0.1, -0.05) is 12.1 Å². The first-order valence-corrected chi connectivity index (χ1v) is 7.54. The summed E-state index contributed by atoms with van der Waals surface area (Å²) in [5.74, 6) is 0.483. The molecule has 0 saturated heterocycles. The largest absolute Gasteiger partial charge is 0.497 e. The van der Waals surface area contributed by atoms with Crippen LogP contribution in [0.5, 0.6) is 5.75 Å². The van der Waals surface area contributed by atoms with E-state index in [0.717, 1.165) is 17.1 Å². The standard InChI is InChI=1S/C18H18N4O2/c1-22-17(16-8-3-4-9-19-16)11-14(21-22)12-20-18(23)13-6-5-7-15(10-13)24-2/h3-11H,12H2,1-2H3,(H,20,23). The van der Waals surface area contributed by atoms with Crippen molar-refractivity contribution >= 4 is 5.91 Å². The van der Waals surface area contributed by atoms with Gasteiger partial charge in [-0.3, -0.25) is 14.5 Å². The SMILES string of the molecule is COc1cccc(C(=O)NCc2cc(-c3ccccn3)n(C)n2)c1. The molecule has 3 aromatic rings. The van der Waals surface area contributed by atoms with E-state index in [0.29, 0.717) is 17.9 Å². The van der Waals surface area contributed by atoms with Crippen molar-refractivity contribution in [1.82, 2.24) is 20.1 Å². The molecule has 0 aliphatic carbocycles. The Morgan fingerprint density at radius 2 is 2.08 bits per heavy atom. The predicted octanol–water partition coefficient (Wildman–Crippen LogP) is 2.42. The van der Waals surface area contributed by atoms with Crippen LogP contribution in [0.25, 0.3) is 11.4 Å². The number of hydrogen-bond acceptors (Lipinski definition) is 4. The Morgan fingerprint density at radius 3 is 2.83 bits per heavy atom. The van der Waals surface area contributed by atoms with Crippen molar-refractivity contribution in [3.63, 3.8) is 0 Å². The van der Waals surface area contributed by atoms with Crippen LogP contribution >= 0.6 is 0 Å². The lowest BCUT2D eigenvalue weighted by Gasteiger charge is -2.05. The van der Waals surface area contributed by atoms with E-state index in [-0.39, 0.29) is 5.91 Å². The Bertz CT molecular complexity index is 843. The van der Waals surface area contributed by atoms with Crippen LogP contribution in [0.4, 0.5) is 0 Å². The molecule has 2 aromatic heterocycles. The number of carbonyl (C=O) groups is 1. The van der Waals surface area contributed by atoms with Gasteiger partial charge in [-0.25, -0.2) is 0 Å². The summed E-state index contributed by atoms with van der Waals surface area (Å²) < 4.78 is 6.89. The average Bonchev–Trinajstić information content (AvgIpc) is 3.01. The Balaban J connectivity index is 1.70. The highest BCUT2D eigenvalue weighted by Gasteiger charge is 2.11. The molecule has 1 amide bonds. The van der Waals surface area contributed by atoms with E-state index >= 15 is 0 Å². The van der Waals surface area contributed by atoms with E-state index in [1.165, 1.54) is 0 Å². The van der Waals surface area contributed by atoms with Gasteiger partial charge in [0, 0.05) is 18.8 Å². The first-order chi connectivity index (χ1) is 11.7. The molecule has 0 spiro atoms. The van der Waals surface area contributed by atoms with Gasteiger partial charge in [0.05, 0.1) is 30.7 Å². The highest BCUT2D eigenvalue weighted by atomic mass is 16.5. The first-order valence-electron chi connectivity index (χ1n) is 7.54. The molecule has 0 aliphatic rings. The number of methoxy groups -OCH3 is 1. The number of benzene rings is 1. The Labute approximate surface area is 140 Å². The molecule has 1 N–H and O–H groups in total. The van der Waals surface area contributed by atoms with Gasteiger partial charge >= 0.3 is 0 Å². The van der Waals surface area contributed by atoms with Gasteiger partial charge in [0.25, 0.3) is 5.91 Å². The molecular formula is C18H18N4O2. The third-order valence-corrected chi connectivity index (χ3v) is 3.62. The molecule has 0 atom stereocenters. The Hall–Kier alpha value is -3.15. The summed E-state index contributed by atoms with van der Waals surface area (Å²) in [7, 11) is 3.43. The molecule has 6 nitrogen and oxygen atoms in total. The van der Waals surface area contributed by atoms with E-state index in [2.05, 4.69) is 15.4 Å². The van der Waals surface area contributed by atoms with Crippen LogP contribution in [0.1, 0.15) is 16.1 Å². The highest BCUT2D eigenvalue weighted by molar-refractivity contribution is 5.94. The molecule has 24 heavy (non-hydrogen) atoms. The van der Waals surface area contributed by atoms with Crippen LogP contribution in [0.3, 0.4) is 0 Å². The van der Waals surface area contributed by atoms with Crippen molar-refractivity contribution in [2.75, 3.05) is 7.11 Å². The molecule has 0 fully saturated rings. The maximum Gasteiger partial charge on any atom is 0.251 e. The molecule has 3 rings (SSSR count). The number of hydrogen-bond donors (Lipinski definition) is 1. The lowest BCUT2D eigenvalue weighted by atomic mass is 10.2. The number of rotatable bonds is 5. The van der Waals surface area contributed by atoms with Crippen LogP contribution in [-0.4, -0.2) is 27.8 Å². The summed E-state index contributed by atoms with van der Waals surface area (Å²) in [6, 6.07) is 14.7. The third kappa shape index (κ3) is 3.43. The van der Waals surface area contributed by atoms with Crippen LogP contribution < -0.4 is 10.1 Å². The quantitative estimate of drug-likeness (QED) is 0.783. The van der Waals surface area contributed by atoms with Gasteiger partial charge in [0.1, 0.15) is 5.75 Å². The average molecular weight is 322 g/mol. The zero-order valence-corrected chi connectivity index (χ0v) is 13.6. The van der Waals surface area contributed by atoms with Crippen molar-refractivity contribution in [2.45, 2.75) is 6.54 Å². The summed E-state index contributed by atoms with van der Waals surface area (Å²) in [5, 5.41) is 7.29. The van der Waals surface area contributed by atoms with Gasteiger partial charge in [0.2, 0.25) is 0 Å². The summed E-state index contributed by atoms with van der Waals surface area (Å²) in [5.41, 5.74) is 3.07. The maximum atomic E-state index is 12.2. The Kier molecular flexibility index (Phi) is 4.56. The number of nitrogens with zero attached hydrogens (tertiary/aromatic N) is 3. The van der Waals surface area contributed by atoms with Gasteiger partial charge < -0.3 is 10.1 Å². The maximum absolute atomic E-state index is 12.2. The van der Waals surface area contributed by atoms with Crippen molar-refractivity contribution < 1.29 is 9.53 Å². The number of aromatic nitrogens is 3. The predicted molar refractivity (Wildman–Crippen MR) is 90.6 cm³/mol. The number of ether oxygens (including phenoxy) is 1. The second-order valence-corrected chi connectivity index (χ2v) is 5.27. The zero-order chi connectivity index (χ0) is 16.9. The number of amides is 1. The van der Waals surface area contributed by atoms with Gasteiger partial charge in [-0.05, 0) is 36.4 Å². The number of carbonyl (C=O) groups excluding carboxylic acids is 1. The topological polar surface area (TPSA) is 69.0 Å². The van der Waals surface area contributed by atoms with Crippen molar-refractivity contribution in [2.24, 2.45) is 7.05 Å². The molecule has 6 heteroatoms. The van der Waals surface area contributed by atoms with Crippen molar-refractivity contribution in [1.29, 1.82) is 0 Å². The normalized spacial score (nSPS) is 10.4. The van der Waals surface area contributed by atoms with Crippen molar-refractivity contribution in [3.8, 4) is 17.1 Å². The number of aryl methyl sites for hydroxylation is 1. The first kappa shape index (κ1) is 15.7. The Morgan fingerprint density at radius 1 is 1.21 bits per heavy atom. The van der Waals surface area contributed by atoms with Gasteiger partial charge in [-0.15, -0.1) is 0 Å². The molecule has 0 unspecified atom stereocenters. The van der Waals surface area contributed by atoms with E-state index < -0.39 is 0 Å². The molecule has 0 bridgehead atoms. The second-order valence-electron chi connectivity index (χ2n) is 5.27. The fourth-order valence-corrected chi connectivity index (χ4v) is 2.40. The molecule has 1 aromatic carbocycles. The fraction of sp³-hybridized carbons (Fsp3) is 0.167. The van der Waals surface area contributed by atoms with E-state index in [1.54, 1.807) is 42.3 Å². The molecule has 0 radical (unpaired) electrons. The third-order valence-electron chi connectivity index (χ3n) is 3.62. The second kappa shape index (κ2) is 6.95. The smallest absolute Gasteiger partial charge is 0.251 e. The van der Waals surface area contributed by atoms with Gasteiger partial charge in [0.15, 0.2) is 0 Å². The van der Waals surface area contributed by atoms with Crippen LogP contribution in [-0.2, 0) is 13.6 Å². The van der Waals surface area contributed by atoms with E-state index in [9.17, 15) is 4.79 Å². The van der Waals surface area contributed by atoms with Crippen LogP contribution in [0.15, 0.2) is 54.7 Å². The number of pyridine rings is 1. The summed E-state index contributed by atoms with van der Waals surface area (Å²) in [6.07, 6.45) is 1.74. The molecule has 122 valence electrons. The van der Waals surface area contributed by atoms with E-state index in [4.69, 9.17) is 4.74 Å². The van der Waals surface area contributed by atoms with Crippen molar-refractivity contribution in [3.05, 3.63) is 66.0 Å². The summed E-state index contributed by atoms with van der Waals surface area (Å²) in [4.78, 5) is 16.6. The lowest BCUT2D eigenvalue weighted by Crippen LogP contribution is -2.23. The fourth-order valence-electron chi connectivity index (χ4n) is 2.40. The lowest BCUT2D eigenvalue weighted by molar-refractivity contribution is 0.0950. The van der Waals surface area contributed by atoms with E-state index in [1.807, 2.05) is 31.3 Å². The molecule has 2 heterocycles. The van der Waals surface area contributed by atoms with Gasteiger partial charge in [-0.2, -0.15) is 5.10 Å². The highest BCUT2D eigenvalue weighted by Crippen LogP contribution is 2.17. The van der Waals surface area contributed by atoms with Crippen LogP contribution in [0.2, 0.25) is 0 Å². The van der Waals surface area contributed by atoms with Crippen LogP contribution in [0, 0.1) is 0 Å². The zero-order valence-electron chi connectivity index (χ0n) is 13.6.